The maximum absolute atomic E-state index is 13.7. The van der Waals surface area contributed by atoms with Crippen molar-refractivity contribution in [3.8, 4) is 0 Å². The van der Waals surface area contributed by atoms with Crippen LogP contribution in [0.5, 0.6) is 0 Å². The van der Waals surface area contributed by atoms with Crippen LogP contribution in [0.4, 0.5) is 4.39 Å². The van der Waals surface area contributed by atoms with E-state index in [0.717, 1.165) is 10.9 Å². The summed E-state index contributed by atoms with van der Waals surface area (Å²) in [6.45, 7) is 2.95. The fourth-order valence-electron chi connectivity index (χ4n) is 1.92. The highest BCUT2D eigenvalue weighted by Gasteiger charge is 2.05. The molecule has 3 N–H and O–H groups in total. The number of benzene rings is 1. The molecule has 9 heteroatoms. The topological polar surface area (TPSA) is 82.6 Å². The van der Waals surface area contributed by atoms with Crippen LogP contribution in [0.2, 0.25) is 0 Å². The van der Waals surface area contributed by atoms with Crippen molar-refractivity contribution in [2.45, 2.75) is 19.8 Å². The van der Waals surface area contributed by atoms with Gasteiger partial charge in [0.15, 0.2) is 5.96 Å². The van der Waals surface area contributed by atoms with E-state index in [0.29, 0.717) is 37.6 Å². The van der Waals surface area contributed by atoms with Gasteiger partial charge in [-0.3, -0.25) is 4.99 Å². The van der Waals surface area contributed by atoms with E-state index in [1.807, 2.05) is 6.07 Å². The van der Waals surface area contributed by atoms with Crippen molar-refractivity contribution in [2.24, 2.45) is 4.99 Å². The fraction of sp³-hybridized carbons (Fsp3) is 0.533. The molecule has 0 spiro atoms. The molecule has 1 rings (SSSR count). The van der Waals surface area contributed by atoms with Crippen LogP contribution >= 0.6 is 15.9 Å². The predicted molar refractivity (Wildman–Crippen MR) is 99.2 cm³/mol. The van der Waals surface area contributed by atoms with Gasteiger partial charge in [-0.25, -0.2) is 17.5 Å². The molecule has 0 heterocycles. The molecule has 0 bridgehead atoms. The van der Waals surface area contributed by atoms with Gasteiger partial charge in [-0.15, -0.1) is 0 Å². The van der Waals surface area contributed by atoms with Crippen LogP contribution in [-0.4, -0.2) is 46.8 Å². The molecule has 0 saturated heterocycles. The number of hydrogen-bond acceptors (Lipinski definition) is 3. The van der Waals surface area contributed by atoms with Crippen molar-refractivity contribution in [1.82, 2.24) is 15.4 Å². The first-order valence-corrected chi connectivity index (χ1v) is 10.2. The van der Waals surface area contributed by atoms with Gasteiger partial charge in [0, 0.05) is 31.2 Å². The third kappa shape index (κ3) is 8.07. The number of hydrogen-bond donors (Lipinski definition) is 3. The summed E-state index contributed by atoms with van der Waals surface area (Å²) >= 11 is 3.23. The lowest BCUT2D eigenvalue weighted by atomic mass is 10.1. The highest BCUT2D eigenvalue weighted by molar-refractivity contribution is 9.10. The number of halogens is 2. The minimum atomic E-state index is -3.17. The van der Waals surface area contributed by atoms with Crippen LogP contribution in [0.15, 0.2) is 27.7 Å². The normalized spacial score (nSPS) is 12.2. The zero-order valence-electron chi connectivity index (χ0n) is 13.9. The number of aryl methyl sites for hydroxylation is 1. The summed E-state index contributed by atoms with van der Waals surface area (Å²) in [6.07, 6.45) is 1.38. The van der Waals surface area contributed by atoms with Gasteiger partial charge in [0.2, 0.25) is 10.0 Å². The summed E-state index contributed by atoms with van der Waals surface area (Å²) in [5, 5.41) is 6.13. The third-order valence-electron chi connectivity index (χ3n) is 3.27. The molecule has 24 heavy (non-hydrogen) atoms. The quantitative estimate of drug-likeness (QED) is 0.320. The van der Waals surface area contributed by atoms with Crippen molar-refractivity contribution in [3.63, 3.8) is 0 Å². The fourth-order valence-corrected chi connectivity index (χ4v) is 2.87. The molecule has 0 aromatic heterocycles. The van der Waals surface area contributed by atoms with Crippen molar-refractivity contribution in [2.75, 3.05) is 32.4 Å². The first-order valence-electron chi connectivity index (χ1n) is 7.73. The largest absolute Gasteiger partial charge is 0.356 e. The second kappa shape index (κ2) is 10.6. The standard InChI is InChI=1S/C15H24BrFN4O2S/c1-3-24(22,23)21-10-9-20-15(18-2)19-8-4-5-12-6-7-13(16)11-14(12)17/h6-7,11,21H,3-5,8-10H2,1-2H3,(H2,18,19,20). The van der Waals surface area contributed by atoms with E-state index < -0.39 is 10.0 Å². The maximum Gasteiger partial charge on any atom is 0.211 e. The molecule has 6 nitrogen and oxygen atoms in total. The number of nitrogens with one attached hydrogen (secondary N) is 3. The lowest BCUT2D eigenvalue weighted by molar-refractivity contribution is 0.581. The SMILES string of the molecule is CCS(=O)(=O)NCCNC(=NC)NCCCc1ccc(Br)cc1F. The molecule has 0 amide bonds. The Balaban J connectivity index is 2.25. The summed E-state index contributed by atoms with van der Waals surface area (Å²) in [5.41, 5.74) is 0.678. The van der Waals surface area contributed by atoms with Gasteiger partial charge in [0.05, 0.1) is 5.75 Å². The molecule has 0 aliphatic carbocycles. The molecule has 0 aliphatic heterocycles. The van der Waals surface area contributed by atoms with Crippen molar-refractivity contribution >= 4 is 31.9 Å². The average Bonchev–Trinajstić information content (AvgIpc) is 2.55. The highest BCUT2D eigenvalue weighted by atomic mass is 79.9. The number of rotatable bonds is 9. The smallest absolute Gasteiger partial charge is 0.211 e. The van der Waals surface area contributed by atoms with E-state index in [2.05, 4.69) is 36.3 Å². The number of nitrogens with zero attached hydrogens (tertiary/aromatic N) is 1. The maximum atomic E-state index is 13.7. The molecule has 0 fully saturated rings. The minimum absolute atomic E-state index is 0.0621. The molecular formula is C15H24BrFN4O2S. The van der Waals surface area contributed by atoms with Gasteiger partial charge in [0.25, 0.3) is 0 Å². The predicted octanol–water partition coefficient (Wildman–Crippen LogP) is 1.63. The van der Waals surface area contributed by atoms with Crippen LogP contribution in [0.25, 0.3) is 0 Å². The summed E-state index contributed by atoms with van der Waals surface area (Å²) < 4.78 is 39.5. The van der Waals surface area contributed by atoms with Gasteiger partial charge in [-0.1, -0.05) is 22.0 Å². The second-order valence-corrected chi connectivity index (χ2v) is 8.07. The number of aliphatic imine (C=N–C) groups is 1. The lowest BCUT2D eigenvalue weighted by Gasteiger charge is -2.12. The zero-order valence-corrected chi connectivity index (χ0v) is 16.3. The Labute approximate surface area is 151 Å². The Morgan fingerprint density at radius 3 is 2.58 bits per heavy atom. The molecule has 0 radical (unpaired) electrons. The Hall–Kier alpha value is -1.19. The first kappa shape index (κ1) is 20.9. The van der Waals surface area contributed by atoms with Crippen LogP contribution < -0.4 is 15.4 Å². The van der Waals surface area contributed by atoms with Crippen molar-refractivity contribution in [3.05, 3.63) is 34.1 Å². The molecule has 1 aromatic carbocycles. The number of sulfonamides is 1. The van der Waals surface area contributed by atoms with Gasteiger partial charge >= 0.3 is 0 Å². The molecule has 0 aliphatic rings. The van der Waals surface area contributed by atoms with Crippen LogP contribution in [0.3, 0.4) is 0 Å². The Morgan fingerprint density at radius 2 is 1.96 bits per heavy atom. The molecule has 0 unspecified atom stereocenters. The molecule has 0 atom stereocenters. The molecule has 136 valence electrons. The van der Waals surface area contributed by atoms with Gasteiger partial charge < -0.3 is 10.6 Å². The summed E-state index contributed by atoms with van der Waals surface area (Å²) in [4.78, 5) is 4.05. The summed E-state index contributed by atoms with van der Waals surface area (Å²) in [5.74, 6) is 0.434. The van der Waals surface area contributed by atoms with Crippen molar-refractivity contribution < 1.29 is 12.8 Å². The first-order chi connectivity index (χ1) is 11.4. The van der Waals surface area contributed by atoms with E-state index in [1.165, 1.54) is 6.07 Å². The van der Waals surface area contributed by atoms with E-state index in [9.17, 15) is 12.8 Å². The average molecular weight is 423 g/mol. The van der Waals surface area contributed by atoms with Gasteiger partial charge in [-0.05, 0) is 37.5 Å². The van der Waals surface area contributed by atoms with E-state index >= 15 is 0 Å². The molecule has 1 aromatic rings. The lowest BCUT2D eigenvalue weighted by Crippen LogP contribution is -2.42. The Morgan fingerprint density at radius 1 is 1.25 bits per heavy atom. The zero-order chi connectivity index (χ0) is 18.0. The number of guanidine groups is 1. The summed E-state index contributed by atoms with van der Waals surface area (Å²) in [7, 11) is -1.53. The molecular weight excluding hydrogens is 399 g/mol. The third-order valence-corrected chi connectivity index (χ3v) is 5.17. The molecule has 0 saturated carbocycles. The Bertz CT molecular complexity index is 653. The Kier molecular flexibility index (Phi) is 9.24. The van der Waals surface area contributed by atoms with E-state index in [-0.39, 0.29) is 11.6 Å². The highest BCUT2D eigenvalue weighted by Crippen LogP contribution is 2.16. The van der Waals surface area contributed by atoms with Crippen LogP contribution in [0.1, 0.15) is 18.9 Å². The van der Waals surface area contributed by atoms with E-state index in [1.54, 1.807) is 20.0 Å². The minimum Gasteiger partial charge on any atom is -0.356 e. The van der Waals surface area contributed by atoms with E-state index in [4.69, 9.17) is 0 Å². The monoisotopic (exact) mass is 422 g/mol. The van der Waals surface area contributed by atoms with Crippen LogP contribution in [-0.2, 0) is 16.4 Å². The second-order valence-electron chi connectivity index (χ2n) is 5.06. The van der Waals surface area contributed by atoms with Gasteiger partial charge in [0.1, 0.15) is 5.82 Å². The van der Waals surface area contributed by atoms with Crippen LogP contribution in [0, 0.1) is 5.82 Å². The van der Waals surface area contributed by atoms with Gasteiger partial charge in [-0.2, -0.15) is 0 Å². The van der Waals surface area contributed by atoms with Crippen molar-refractivity contribution in [1.29, 1.82) is 0 Å². The summed E-state index contributed by atoms with van der Waals surface area (Å²) in [6, 6.07) is 5.05.